The first-order chi connectivity index (χ1) is 6.88. The summed E-state index contributed by atoms with van der Waals surface area (Å²) in [5.41, 5.74) is 0. The Morgan fingerprint density at radius 3 is 1.36 bits per heavy atom. The summed E-state index contributed by atoms with van der Waals surface area (Å²) in [5.74, 6) is 0. The summed E-state index contributed by atoms with van der Waals surface area (Å²) < 4.78 is 0. The SMILES string of the molecule is [Sc][P](c1ccccc1)c1ccccc1. The fourth-order valence-corrected chi connectivity index (χ4v) is 4.22. The first-order valence-corrected chi connectivity index (χ1v) is 8.36. The van der Waals surface area contributed by atoms with Gasteiger partial charge in [0.2, 0.25) is 0 Å². The van der Waals surface area contributed by atoms with Crippen molar-refractivity contribution in [3.8, 4) is 0 Å². The normalized spacial score (nSPS) is 10.3. The van der Waals surface area contributed by atoms with E-state index in [1.807, 2.05) is 23.8 Å². The Morgan fingerprint density at radius 2 is 1.00 bits per heavy atom. The number of rotatable bonds is 2. The van der Waals surface area contributed by atoms with Gasteiger partial charge in [-0.05, 0) is 0 Å². The van der Waals surface area contributed by atoms with Crippen LogP contribution in [-0.2, 0) is 23.8 Å². The monoisotopic (exact) mass is 230 g/mol. The minimum absolute atomic E-state index is 0.108. The molecule has 0 aliphatic heterocycles. The molecule has 0 saturated heterocycles. The molecule has 0 aliphatic carbocycles. The molecule has 0 unspecified atom stereocenters. The summed E-state index contributed by atoms with van der Waals surface area (Å²) in [4.78, 5) is 0. The first kappa shape index (κ1) is 10.3. The molecule has 0 atom stereocenters. The van der Waals surface area contributed by atoms with E-state index < -0.39 is 0 Å². The molecule has 2 aromatic rings. The van der Waals surface area contributed by atoms with Gasteiger partial charge in [-0.25, -0.2) is 0 Å². The summed E-state index contributed by atoms with van der Waals surface area (Å²) >= 11 is 1.82. The van der Waals surface area contributed by atoms with Gasteiger partial charge in [0, 0.05) is 0 Å². The van der Waals surface area contributed by atoms with Crippen molar-refractivity contribution in [3.05, 3.63) is 60.7 Å². The predicted molar refractivity (Wildman–Crippen MR) is 59.1 cm³/mol. The third-order valence-corrected chi connectivity index (χ3v) is 6.57. The molecule has 0 radical (unpaired) electrons. The molecule has 0 N–H and O–H groups in total. The molecule has 0 heterocycles. The van der Waals surface area contributed by atoms with Gasteiger partial charge in [0.1, 0.15) is 0 Å². The third-order valence-electron chi connectivity index (χ3n) is 2.07. The van der Waals surface area contributed by atoms with Crippen LogP contribution in [-0.4, -0.2) is 0 Å². The molecule has 0 spiro atoms. The Bertz CT molecular complexity index is 346. The van der Waals surface area contributed by atoms with E-state index in [0.29, 0.717) is 0 Å². The fourth-order valence-electron chi connectivity index (χ4n) is 1.33. The van der Waals surface area contributed by atoms with Crippen molar-refractivity contribution in [1.82, 2.24) is 0 Å². The van der Waals surface area contributed by atoms with Gasteiger partial charge in [-0.15, -0.1) is 0 Å². The van der Waals surface area contributed by atoms with Crippen LogP contribution in [0.3, 0.4) is 0 Å². The Balaban J connectivity index is 2.30. The minimum atomic E-state index is -0.108. The van der Waals surface area contributed by atoms with E-state index in [2.05, 4.69) is 60.7 Å². The molecule has 0 saturated carbocycles. The zero-order valence-corrected chi connectivity index (χ0v) is 10.5. The Morgan fingerprint density at radius 1 is 0.643 bits per heavy atom. The molecule has 0 aliphatic rings. The molecule has 0 amide bonds. The Kier molecular flexibility index (Phi) is 3.67. The van der Waals surface area contributed by atoms with Gasteiger partial charge in [0.05, 0.1) is 0 Å². The Labute approximate surface area is 100.0 Å². The third kappa shape index (κ3) is 2.40. The second-order valence-corrected chi connectivity index (χ2v) is 7.23. The summed E-state index contributed by atoms with van der Waals surface area (Å²) in [6, 6.07) is 21.5. The van der Waals surface area contributed by atoms with Crippen LogP contribution in [0, 0.1) is 0 Å². The quantitative estimate of drug-likeness (QED) is 0.695. The van der Waals surface area contributed by atoms with E-state index in [9.17, 15) is 0 Å². The second-order valence-electron chi connectivity index (χ2n) is 3.04. The van der Waals surface area contributed by atoms with Crippen LogP contribution in [0.1, 0.15) is 0 Å². The average molecular weight is 230 g/mol. The Hall–Kier alpha value is -0.260. The van der Waals surface area contributed by atoms with Crippen molar-refractivity contribution < 1.29 is 23.8 Å². The molecular formula is C12H10PSc. The number of hydrogen-bond donors (Lipinski definition) is 0. The van der Waals surface area contributed by atoms with E-state index in [-0.39, 0.29) is 5.27 Å². The summed E-state index contributed by atoms with van der Waals surface area (Å²) in [5, 5.41) is 2.82. The molecule has 0 fully saturated rings. The molecule has 14 heavy (non-hydrogen) atoms. The molecule has 0 bridgehead atoms. The van der Waals surface area contributed by atoms with E-state index in [1.165, 1.54) is 10.6 Å². The molecule has 2 rings (SSSR count). The van der Waals surface area contributed by atoms with Crippen LogP contribution in [0.2, 0.25) is 0 Å². The summed E-state index contributed by atoms with van der Waals surface area (Å²) in [6.07, 6.45) is 0. The van der Waals surface area contributed by atoms with Crippen molar-refractivity contribution in [2.75, 3.05) is 0 Å². The van der Waals surface area contributed by atoms with Crippen molar-refractivity contribution >= 4 is 15.9 Å². The van der Waals surface area contributed by atoms with Crippen molar-refractivity contribution in [1.29, 1.82) is 0 Å². The summed E-state index contributed by atoms with van der Waals surface area (Å²) in [7, 11) is 0. The second kappa shape index (κ2) is 5.00. The predicted octanol–water partition coefficient (Wildman–Crippen LogP) is 2.58. The van der Waals surface area contributed by atoms with Crippen LogP contribution in [0.4, 0.5) is 0 Å². The zero-order chi connectivity index (χ0) is 9.80. The van der Waals surface area contributed by atoms with E-state index >= 15 is 0 Å². The average Bonchev–Trinajstić information content (AvgIpc) is 2.30. The molecule has 66 valence electrons. The number of hydrogen-bond acceptors (Lipinski definition) is 0. The molecule has 0 nitrogen and oxygen atoms in total. The van der Waals surface area contributed by atoms with Gasteiger partial charge >= 0.3 is 100 Å². The first-order valence-electron chi connectivity index (χ1n) is 4.53. The van der Waals surface area contributed by atoms with E-state index in [4.69, 9.17) is 0 Å². The topological polar surface area (TPSA) is 0 Å². The van der Waals surface area contributed by atoms with Gasteiger partial charge in [-0.2, -0.15) is 0 Å². The van der Waals surface area contributed by atoms with E-state index in [1.54, 1.807) is 0 Å². The molecule has 2 heteroatoms. The summed E-state index contributed by atoms with van der Waals surface area (Å²) in [6.45, 7) is 0. The standard InChI is InChI=1S/C12H10P.Sc/c1-3-7-11(8-4-1)13-12-9-5-2-6-10-12;/h1-10H;/q-1;+1. The van der Waals surface area contributed by atoms with Gasteiger partial charge in [-0.1, -0.05) is 0 Å². The maximum atomic E-state index is 2.22. The van der Waals surface area contributed by atoms with Gasteiger partial charge in [0.25, 0.3) is 0 Å². The van der Waals surface area contributed by atoms with E-state index in [0.717, 1.165) is 0 Å². The fraction of sp³-hybridized carbons (Fsp3) is 0. The van der Waals surface area contributed by atoms with Crippen LogP contribution in [0.15, 0.2) is 60.7 Å². The molecular weight excluding hydrogens is 220 g/mol. The van der Waals surface area contributed by atoms with Crippen molar-refractivity contribution in [3.63, 3.8) is 0 Å². The van der Waals surface area contributed by atoms with Gasteiger partial charge < -0.3 is 0 Å². The van der Waals surface area contributed by atoms with Gasteiger partial charge in [0.15, 0.2) is 0 Å². The van der Waals surface area contributed by atoms with Crippen LogP contribution >= 0.6 is 5.27 Å². The zero-order valence-electron chi connectivity index (χ0n) is 7.80. The molecule has 0 aromatic heterocycles. The van der Waals surface area contributed by atoms with Crippen LogP contribution in [0.5, 0.6) is 0 Å². The van der Waals surface area contributed by atoms with Crippen LogP contribution < -0.4 is 10.6 Å². The number of benzene rings is 2. The maximum absolute atomic E-state index is 2.22. The van der Waals surface area contributed by atoms with Crippen molar-refractivity contribution in [2.24, 2.45) is 0 Å². The van der Waals surface area contributed by atoms with Crippen molar-refractivity contribution in [2.45, 2.75) is 0 Å². The van der Waals surface area contributed by atoms with Crippen LogP contribution in [0.25, 0.3) is 0 Å². The molecule has 2 aromatic carbocycles. The van der Waals surface area contributed by atoms with Gasteiger partial charge in [-0.3, -0.25) is 0 Å².